The van der Waals surface area contributed by atoms with Crippen LogP contribution >= 0.6 is 0 Å². The second-order valence-electron chi connectivity index (χ2n) is 4.09. The van der Waals surface area contributed by atoms with E-state index in [1.807, 2.05) is 6.92 Å². The van der Waals surface area contributed by atoms with Gasteiger partial charge in [0.2, 0.25) is 0 Å². The fourth-order valence-corrected chi connectivity index (χ4v) is 1.79. The zero-order valence-corrected chi connectivity index (χ0v) is 10.9. The molecule has 0 aliphatic carbocycles. The predicted molar refractivity (Wildman–Crippen MR) is 68.7 cm³/mol. The molecule has 1 aromatic rings. The van der Waals surface area contributed by atoms with Gasteiger partial charge in [-0.25, -0.2) is 9.78 Å². The van der Waals surface area contributed by atoms with Crippen molar-refractivity contribution in [2.24, 2.45) is 0 Å². The standard InChI is InChI=1S/C12H19N3O3/c1-4-12(5-2,11(17)18)14-9-10(16)15(6-3)8-7-13-9/h7-8H,4-6H2,1-3H3,(H,13,14)(H,17,18). The molecular formula is C12H19N3O3. The maximum absolute atomic E-state index is 12.0. The number of rotatable bonds is 6. The Morgan fingerprint density at radius 2 is 2.06 bits per heavy atom. The van der Waals surface area contributed by atoms with Crippen LogP contribution in [0.1, 0.15) is 33.6 Å². The van der Waals surface area contributed by atoms with Crippen LogP contribution in [-0.4, -0.2) is 26.2 Å². The molecule has 0 bridgehead atoms. The van der Waals surface area contributed by atoms with Crippen LogP contribution in [0.4, 0.5) is 5.82 Å². The van der Waals surface area contributed by atoms with E-state index in [1.165, 1.54) is 10.8 Å². The Hall–Kier alpha value is -1.85. The number of hydrogen-bond donors (Lipinski definition) is 2. The van der Waals surface area contributed by atoms with Crippen molar-refractivity contribution in [1.82, 2.24) is 9.55 Å². The molecule has 6 heteroatoms. The third kappa shape index (κ3) is 2.52. The Bertz CT molecular complexity index is 478. The second kappa shape index (κ2) is 5.66. The number of aliphatic carboxylic acids is 1. The fraction of sp³-hybridized carbons (Fsp3) is 0.583. The second-order valence-corrected chi connectivity index (χ2v) is 4.09. The molecule has 0 spiro atoms. The molecule has 18 heavy (non-hydrogen) atoms. The summed E-state index contributed by atoms with van der Waals surface area (Å²) < 4.78 is 1.48. The minimum Gasteiger partial charge on any atom is -0.480 e. The minimum atomic E-state index is -1.14. The molecule has 0 saturated heterocycles. The molecule has 1 aromatic heterocycles. The number of hydrogen-bond acceptors (Lipinski definition) is 4. The van der Waals surface area contributed by atoms with E-state index in [0.717, 1.165) is 0 Å². The van der Waals surface area contributed by atoms with Crippen LogP contribution in [-0.2, 0) is 11.3 Å². The van der Waals surface area contributed by atoms with Crippen molar-refractivity contribution < 1.29 is 9.90 Å². The number of aromatic nitrogens is 2. The number of carboxylic acid groups (broad SMARTS) is 1. The van der Waals surface area contributed by atoms with Gasteiger partial charge >= 0.3 is 5.97 Å². The topological polar surface area (TPSA) is 84.2 Å². The molecule has 0 aromatic carbocycles. The number of carbonyl (C=O) groups is 1. The molecule has 1 heterocycles. The van der Waals surface area contributed by atoms with Gasteiger partial charge in [-0.2, -0.15) is 0 Å². The first-order chi connectivity index (χ1) is 8.50. The number of nitrogens with zero attached hydrogens (tertiary/aromatic N) is 2. The highest BCUT2D eigenvalue weighted by Gasteiger charge is 2.35. The molecule has 0 aliphatic rings. The van der Waals surface area contributed by atoms with E-state index < -0.39 is 11.5 Å². The van der Waals surface area contributed by atoms with Gasteiger partial charge in [-0.15, -0.1) is 0 Å². The third-order valence-corrected chi connectivity index (χ3v) is 3.23. The lowest BCUT2D eigenvalue weighted by Gasteiger charge is -2.28. The van der Waals surface area contributed by atoms with Gasteiger partial charge in [0.25, 0.3) is 5.56 Å². The first kappa shape index (κ1) is 14.2. The lowest BCUT2D eigenvalue weighted by molar-refractivity contribution is -0.142. The molecule has 0 fully saturated rings. The average molecular weight is 253 g/mol. The van der Waals surface area contributed by atoms with Crippen molar-refractivity contribution in [1.29, 1.82) is 0 Å². The van der Waals surface area contributed by atoms with E-state index in [-0.39, 0.29) is 11.4 Å². The van der Waals surface area contributed by atoms with Crippen molar-refractivity contribution in [3.05, 3.63) is 22.7 Å². The molecule has 1 rings (SSSR count). The Balaban J connectivity index is 3.17. The van der Waals surface area contributed by atoms with Crippen molar-refractivity contribution >= 4 is 11.8 Å². The molecule has 0 amide bonds. The van der Waals surface area contributed by atoms with Crippen LogP contribution in [0.2, 0.25) is 0 Å². The van der Waals surface area contributed by atoms with E-state index in [4.69, 9.17) is 0 Å². The van der Waals surface area contributed by atoms with Gasteiger partial charge in [0.15, 0.2) is 5.82 Å². The van der Waals surface area contributed by atoms with Gasteiger partial charge in [0.05, 0.1) is 0 Å². The highest BCUT2D eigenvalue weighted by Crippen LogP contribution is 2.19. The smallest absolute Gasteiger partial charge is 0.329 e. The summed E-state index contributed by atoms with van der Waals surface area (Å²) in [6.45, 7) is 5.90. The molecule has 0 saturated carbocycles. The highest BCUT2D eigenvalue weighted by molar-refractivity contribution is 5.82. The highest BCUT2D eigenvalue weighted by atomic mass is 16.4. The first-order valence-electron chi connectivity index (χ1n) is 6.07. The van der Waals surface area contributed by atoms with Crippen molar-refractivity contribution in [3.63, 3.8) is 0 Å². The van der Waals surface area contributed by atoms with Gasteiger partial charge in [0.1, 0.15) is 5.54 Å². The van der Waals surface area contributed by atoms with E-state index in [2.05, 4.69) is 10.3 Å². The van der Waals surface area contributed by atoms with Gasteiger partial charge < -0.3 is 15.0 Å². The summed E-state index contributed by atoms with van der Waals surface area (Å²) in [6.07, 6.45) is 3.82. The summed E-state index contributed by atoms with van der Waals surface area (Å²) in [7, 11) is 0. The normalized spacial score (nSPS) is 11.3. The SMILES string of the molecule is CCn1ccnc(NC(CC)(CC)C(=O)O)c1=O. The summed E-state index contributed by atoms with van der Waals surface area (Å²) >= 11 is 0. The summed E-state index contributed by atoms with van der Waals surface area (Å²) in [6, 6.07) is 0. The van der Waals surface area contributed by atoms with Crippen molar-refractivity contribution in [2.45, 2.75) is 45.7 Å². The minimum absolute atomic E-state index is 0.0884. The largest absolute Gasteiger partial charge is 0.480 e. The quantitative estimate of drug-likeness (QED) is 0.798. The van der Waals surface area contributed by atoms with E-state index in [0.29, 0.717) is 19.4 Å². The molecular weight excluding hydrogens is 234 g/mol. The molecule has 0 unspecified atom stereocenters. The van der Waals surface area contributed by atoms with Crippen LogP contribution in [0.3, 0.4) is 0 Å². The number of nitrogens with one attached hydrogen (secondary N) is 1. The first-order valence-corrected chi connectivity index (χ1v) is 6.07. The van der Waals surface area contributed by atoms with E-state index in [1.54, 1.807) is 20.0 Å². The van der Waals surface area contributed by atoms with E-state index in [9.17, 15) is 14.7 Å². The summed E-state index contributed by atoms with van der Waals surface area (Å²) in [5.41, 5.74) is -1.44. The Labute approximate surface area is 106 Å². The van der Waals surface area contributed by atoms with Crippen LogP contribution < -0.4 is 10.9 Å². The van der Waals surface area contributed by atoms with Gasteiger partial charge in [-0.1, -0.05) is 13.8 Å². The maximum atomic E-state index is 12.0. The fourth-order valence-electron chi connectivity index (χ4n) is 1.79. The maximum Gasteiger partial charge on any atom is 0.329 e. The lowest BCUT2D eigenvalue weighted by Crippen LogP contribution is -2.47. The monoisotopic (exact) mass is 253 g/mol. The Kier molecular flexibility index (Phi) is 4.47. The van der Waals surface area contributed by atoms with E-state index >= 15 is 0 Å². The summed E-state index contributed by atoms with van der Waals surface area (Å²) in [4.78, 5) is 27.3. The van der Waals surface area contributed by atoms with Crippen LogP contribution in [0, 0.1) is 0 Å². The van der Waals surface area contributed by atoms with Crippen LogP contribution in [0.5, 0.6) is 0 Å². The third-order valence-electron chi connectivity index (χ3n) is 3.23. The zero-order chi connectivity index (χ0) is 13.8. The van der Waals surface area contributed by atoms with Crippen LogP contribution in [0.25, 0.3) is 0 Å². The zero-order valence-electron chi connectivity index (χ0n) is 10.9. The van der Waals surface area contributed by atoms with Gasteiger partial charge in [-0.05, 0) is 19.8 Å². The predicted octanol–water partition coefficient (Wildman–Crippen LogP) is 1.32. The molecule has 2 N–H and O–H groups in total. The Morgan fingerprint density at radius 3 is 2.50 bits per heavy atom. The van der Waals surface area contributed by atoms with Gasteiger partial charge in [-0.3, -0.25) is 4.79 Å². The Morgan fingerprint density at radius 1 is 1.44 bits per heavy atom. The summed E-state index contributed by atoms with van der Waals surface area (Å²) in [5, 5.41) is 12.1. The van der Waals surface area contributed by atoms with Gasteiger partial charge in [0, 0.05) is 18.9 Å². The number of anilines is 1. The molecule has 0 aliphatic heterocycles. The number of carboxylic acids is 1. The molecule has 0 atom stereocenters. The summed E-state index contributed by atoms with van der Waals surface area (Å²) in [5.74, 6) is -0.883. The molecule has 6 nitrogen and oxygen atoms in total. The lowest BCUT2D eigenvalue weighted by atomic mass is 9.93. The molecule has 100 valence electrons. The van der Waals surface area contributed by atoms with Crippen molar-refractivity contribution in [3.8, 4) is 0 Å². The molecule has 0 radical (unpaired) electrons. The average Bonchev–Trinajstić information content (AvgIpc) is 2.37. The number of aryl methyl sites for hydroxylation is 1. The van der Waals surface area contributed by atoms with Crippen molar-refractivity contribution in [2.75, 3.05) is 5.32 Å². The van der Waals surface area contributed by atoms with Crippen LogP contribution in [0.15, 0.2) is 17.2 Å².